The molecule has 0 aromatic carbocycles. The standard InChI is InChI=1S/C71H109ClF8N12O12/c1-11-43(3)58-65(102)86(6)39-56(95)84(4)40-57(96)87(7)50(34-45-23-21-42(2)22-24-45)63(100)85(5)38-54(93)81-49(28-26-44-25-27-47(48(72)33-44)71(78,79)80)62(99)92-41-69(73,74)36-53(92)61(98)83-68(29-15-16-30-68)67(104)90(10)59(46-19-13-12-14-20-46)66(103)89(9)51(64(101)91-31-17-18-32-91)35-55(94)88(8)52(60(97)82-58)37-70(75,76)77/h42-53,58-59H,11-41H2,1-10H3,(H,81,93)(H,82,97)(H,83,98)/t42?,43-,44?,45?,47?,48?,49-,50-,51-,52-,53-,58-,59-/m0/s1. The van der Waals surface area contributed by atoms with Crippen molar-refractivity contribution in [2.75, 3.05) is 88.6 Å². The smallest absolute Gasteiger partial charge is 0.343 e. The van der Waals surface area contributed by atoms with Gasteiger partial charge >= 0.3 is 12.4 Å². The number of carbonyl (C=O) groups excluding carboxylic acids is 12. The Bertz CT molecular complexity index is 3090. The van der Waals surface area contributed by atoms with E-state index in [0.29, 0.717) is 79.9 Å². The highest BCUT2D eigenvalue weighted by Crippen LogP contribution is 2.45. The molecule has 33 heteroatoms. The van der Waals surface area contributed by atoms with Gasteiger partial charge in [0.1, 0.15) is 47.8 Å². The lowest BCUT2D eigenvalue weighted by atomic mass is 9.78. The van der Waals surface area contributed by atoms with E-state index in [0.717, 1.165) is 55.7 Å². The molecule has 0 aromatic rings. The first kappa shape index (κ1) is 84.6. The third kappa shape index (κ3) is 21.4. The summed E-state index contributed by atoms with van der Waals surface area (Å²) in [5.74, 6) is -19.1. The van der Waals surface area contributed by atoms with E-state index < -0.39 is 211 Å². The van der Waals surface area contributed by atoms with Gasteiger partial charge in [-0.2, -0.15) is 26.3 Å². The van der Waals surface area contributed by atoms with Gasteiger partial charge in [0.05, 0.1) is 44.9 Å². The second-order valence-electron chi connectivity index (χ2n) is 31.1. The first-order chi connectivity index (χ1) is 48.6. The number of rotatable bonds is 10. The van der Waals surface area contributed by atoms with Crippen LogP contribution < -0.4 is 16.0 Å². The van der Waals surface area contributed by atoms with Gasteiger partial charge in [0.25, 0.3) is 5.92 Å². The van der Waals surface area contributed by atoms with Crippen molar-refractivity contribution >= 4 is 82.5 Å². The van der Waals surface area contributed by atoms with Crippen molar-refractivity contribution in [3.05, 3.63) is 0 Å². The summed E-state index contributed by atoms with van der Waals surface area (Å²) in [6.07, 6.45) is -7.54. The number of amides is 12. The third-order valence-corrected chi connectivity index (χ3v) is 23.8. The molecule has 7 fully saturated rings. The number of nitrogens with zero attached hydrogens (tertiary/aromatic N) is 9. The molecular formula is C71H109ClF8N12O12. The molecule has 3 saturated heterocycles. The topological polar surface area (TPSA) is 270 Å². The minimum absolute atomic E-state index is 0.00241. The van der Waals surface area contributed by atoms with Crippen LogP contribution in [0.2, 0.25) is 0 Å². The van der Waals surface area contributed by atoms with Crippen LogP contribution in [-0.2, 0) is 57.5 Å². The minimum Gasteiger partial charge on any atom is -0.343 e. The fourth-order valence-corrected chi connectivity index (χ4v) is 17.0. The molecule has 0 radical (unpaired) electrons. The molecule has 12 amide bonds. The summed E-state index contributed by atoms with van der Waals surface area (Å²) in [5, 5.41) is 6.36. The number of hydrogen-bond acceptors (Lipinski definition) is 12. The van der Waals surface area contributed by atoms with Crippen LogP contribution in [0, 0.1) is 35.5 Å². The van der Waals surface area contributed by atoms with E-state index in [1.165, 1.54) is 54.1 Å². The van der Waals surface area contributed by atoms with E-state index >= 15 is 28.0 Å². The van der Waals surface area contributed by atoms with Gasteiger partial charge in [-0.15, -0.1) is 11.6 Å². The highest BCUT2D eigenvalue weighted by Gasteiger charge is 2.56. The summed E-state index contributed by atoms with van der Waals surface area (Å²) in [5.41, 5.74) is -1.91. The van der Waals surface area contributed by atoms with Gasteiger partial charge in [0, 0.05) is 74.2 Å². The number of carbonyl (C=O) groups is 12. The van der Waals surface area contributed by atoms with Crippen LogP contribution >= 0.6 is 11.6 Å². The molecule has 11 atom stereocenters. The Morgan fingerprint density at radius 2 is 1.20 bits per heavy atom. The van der Waals surface area contributed by atoms with Crippen molar-refractivity contribution < 1.29 is 92.7 Å². The van der Waals surface area contributed by atoms with Crippen molar-refractivity contribution in [3.8, 4) is 0 Å². The monoisotopic (exact) mass is 1510 g/mol. The highest BCUT2D eigenvalue weighted by molar-refractivity contribution is 6.21. The number of nitrogens with one attached hydrogen (secondary N) is 3. The maximum atomic E-state index is 16.2. The zero-order valence-electron chi connectivity index (χ0n) is 61.8. The molecule has 3 N–H and O–H groups in total. The molecule has 588 valence electrons. The lowest BCUT2D eigenvalue weighted by molar-refractivity contribution is -0.182. The van der Waals surface area contributed by atoms with Gasteiger partial charge < -0.3 is 60.0 Å². The van der Waals surface area contributed by atoms with E-state index in [4.69, 9.17) is 11.6 Å². The van der Waals surface area contributed by atoms with Gasteiger partial charge in [-0.05, 0) is 107 Å². The van der Waals surface area contributed by atoms with Crippen molar-refractivity contribution in [1.29, 1.82) is 0 Å². The predicted octanol–water partition coefficient (Wildman–Crippen LogP) is 6.49. The third-order valence-electron chi connectivity index (χ3n) is 23.4. The van der Waals surface area contributed by atoms with Crippen LogP contribution in [0.4, 0.5) is 35.1 Å². The molecule has 1 spiro atoms. The van der Waals surface area contributed by atoms with Crippen molar-refractivity contribution in [3.63, 3.8) is 0 Å². The second-order valence-corrected chi connectivity index (χ2v) is 31.6. The molecule has 4 saturated carbocycles. The summed E-state index contributed by atoms with van der Waals surface area (Å²) in [6.45, 7) is 2.02. The Balaban J connectivity index is 1.30. The van der Waals surface area contributed by atoms with E-state index in [2.05, 4.69) is 22.9 Å². The maximum Gasteiger partial charge on any atom is 0.393 e. The van der Waals surface area contributed by atoms with Crippen LogP contribution in [0.5, 0.6) is 0 Å². The first-order valence-electron chi connectivity index (χ1n) is 37.0. The van der Waals surface area contributed by atoms with Crippen LogP contribution in [-0.4, -0.2) is 275 Å². The van der Waals surface area contributed by atoms with Gasteiger partial charge in [0.2, 0.25) is 70.9 Å². The van der Waals surface area contributed by atoms with Crippen LogP contribution in [0.15, 0.2) is 0 Å². The van der Waals surface area contributed by atoms with Crippen molar-refractivity contribution in [2.45, 2.75) is 253 Å². The number of likely N-dealkylation sites (tertiary alicyclic amines) is 1. The molecule has 4 aliphatic carbocycles. The Hall–Kier alpha value is -6.63. The molecule has 7 aliphatic rings. The fraction of sp³-hybridized carbons (Fsp3) is 0.831. The second kappa shape index (κ2) is 35.8. The lowest BCUT2D eigenvalue weighted by Gasteiger charge is -2.43. The number of likely N-dealkylation sites (N-methyl/N-ethyl adjacent to an activating group) is 7. The van der Waals surface area contributed by atoms with Crippen molar-refractivity contribution in [1.82, 2.24) is 60.0 Å². The van der Waals surface area contributed by atoms with Gasteiger partial charge in [-0.3, -0.25) is 57.5 Å². The van der Waals surface area contributed by atoms with Gasteiger partial charge in [0.15, 0.2) is 0 Å². The average Bonchev–Trinajstić information content (AvgIpc) is 1.31. The molecular weight excluding hydrogens is 1400 g/mol. The first-order valence-corrected chi connectivity index (χ1v) is 37.5. The number of halogens is 9. The summed E-state index contributed by atoms with van der Waals surface area (Å²) in [6, 6.07) is -12.2. The Morgan fingerprint density at radius 1 is 0.615 bits per heavy atom. The van der Waals surface area contributed by atoms with Crippen LogP contribution in [0.25, 0.3) is 0 Å². The SMILES string of the molecule is CC[C@H](C)[C@@H]1NC(=O)[C@H](CC(F)(F)F)N(C)C(=O)C[C@@H](C(=O)N2CCCC2)N(C)C(=O)[C@H](C2CCCCC2)N(C)C(=O)C2(CCCC2)NC(=O)[C@@H]2CC(F)(F)CN2C(=O)[C@H](CCC2CCC(C(F)(F)F)C(Cl)C2)NC(=O)CN(C)C(=O)[C@H](CC2CCC(C)CC2)N(C)C(=O)CN(C)C(=O)CN(C)C1=O. The molecule has 104 heavy (non-hydrogen) atoms. The van der Waals surface area contributed by atoms with E-state index in [-0.39, 0.29) is 76.8 Å². The van der Waals surface area contributed by atoms with E-state index in [1.54, 1.807) is 6.92 Å². The largest absolute Gasteiger partial charge is 0.393 e. The molecule has 0 bridgehead atoms. The molecule has 24 nitrogen and oxygen atoms in total. The number of fused-ring (bicyclic) bond motifs is 1. The fourth-order valence-electron chi connectivity index (χ4n) is 16.5. The molecule has 3 aliphatic heterocycles. The lowest BCUT2D eigenvalue weighted by Crippen LogP contribution is -2.65. The molecule has 3 unspecified atom stereocenters. The summed E-state index contributed by atoms with van der Waals surface area (Å²) in [7, 11) is 8.46. The predicted molar refractivity (Wildman–Crippen MR) is 366 cm³/mol. The van der Waals surface area contributed by atoms with Crippen LogP contribution in [0.1, 0.15) is 181 Å². The Kier molecular flexibility index (Phi) is 29.2. The number of alkyl halides is 9. The maximum absolute atomic E-state index is 16.2. The zero-order chi connectivity index (χ0) is 77.2. The van der Waals surface area contributed by atoms with Crippen LogP contribution in [0.3, 0.4) is 0 Å². The quantitative estimate of drug-likeness (QED) is 0.156. The molecule has 0 aromatic heterocycles. The van der Waals surface area contributed by atoms with Crippen molar-refractivity contribution in [2.24, 2.45) is 35.5 Å². The van der Waals surface area contributed by atoms with Gasteiger partial charge in [-0.25, -0.2) is 8.78 Å². The summed E-state index contributed by atoms with van der Waals surface area (Å²) < 4.78 is 119. The Morgan fingerprint density at radius 3 is 1.79 bits per heavy atom. The normalized spacial score (nSPS) is 31.2. The van der Waals surface area contributed by atoms with E-state index in [9.17, 15) is 64.7 Å². The van der Waals surface area contributed by atoms with Gasteiger partial charge in [-0.1, -0.05) is 85.0 Å². The molecule has 7 rings (SSSR count). The summed E-state index contributed by atoms with van der Waals surface area (Å²) >= 11 is 6.34. The molecule has 3 heterocycles. The Labute approximate surface area is 609 Å². The minimum atomic E-state index is -5.13. The average molecular weight is 1510 g/mol. The zero-order valence-corrected chi connectivity index (χ0v) is 62.6. The summed E-state index contributed by atoms with van der Waals surface area (Å²) in [4.78, 5) is 187. The highest BCUT2D eigenvalue weighted by atomic mass is 35.5. The van der Waals surface area contributed by atoms with E-state index in [1.807, 2.05) is 0 Å². The number of hydrogen-bond donors (Lipinski definition) is 3.